The summed E-state index contributed by atoms with van der Waals surface area (Å²) in [6, 6.07) is 7.68. The van der Waals surface area contributed by atoms with Crippen LogP contribution in [0.15, 0.2) is 41.3 Å². The zero-order valence-electron chi connectivity index (χ0n) is 15.1. The normalized spacial score (nSPS) is 11.1. The summed E-state index contributed by atoms with van der Waals surface area (Å²) in [7, 11) is -2.61. The smallest absolute Gasteiger partial charge is 0.258 e. The number of hydrogen-bond donors (Lipinski definition) is 3. The van der Waals surface area contributed by atoms with Crippen LogP contribution in [0, 0.1) is 12.7 Å². The third kappa shape index (κ3) is 4.69. The van der Waals surface area contributed by atoms with Gasteiger partial charge in [-0.2, -0.15) is 0 Å². The molecule has 0 saturated heterocycles. The lowest BCUT2D eigenvalue weighted by molar-refractivity contribution is 0.0954. The first-order chi connectivity index (χ1) is 12.7. The lowest BCUT2D eigenvalue weighted by Crippen LogP contribution is -2.23. The van der Waals surface area contributed by atoms with E-state index in [1.54, 1.807) is 26.0 Å². The Labute approximate surface area is 157 Å². The second kappa shape index (κ2) is 8.28. The maximum Gasteiger partial charge on any atom is 0.258 e. The molecule has 2 aromatic rings. The van der Waals surface area contributed by atoms with E-state index < -0.39 is 27.3 Å². The average molecular weight is 393 g/mol. The molecule has 2 amide bonds. The zero-order valence-corrected chi connectivity index (χ0v) is 15.9. The fourth-order valence-electron chi connectivity index (χ4n) is 2.31. The van der Waals surface area contributed by atoms with Crippen LogP contribution < -0.4 is 15.4 Å². The summed E-state index contributed by atoms with van der Waals surface area (Å²) in [5.74, 6) is -1.99. The second-order valence-corrected chi connectivity index (χ2v) is 7.58. The molecule has 0 atom stereocenters. The molecule has 0 aromatic heterocycles. The highest BCUT2D eigenvalue weighted by Gasteiger charge is 2.19. The SMILES string of the molecule is CCNC(=O)c1ccc(C)c(NC(=O)c2cc(S(=O)(=O)NC)ccc2F)c1. The van der Waals surface area contributed by atoms with Crippen molar-refractivity contribution in [3.8, 4) is 0 Å². The predicted octanol–water partition coefficient (Wildman–Crippen LogP) is 2.04. The lowest BCUT2D eigenvalue weighted by Gasteiger charge is -2.12. The zero-order chi connectivity index (χ0) is 20.2. The number of carbonyl (C=O) groups excluding carboxylic acids is 2. The number of nitrogens with one attached hydrogen (secondary N) is 3. The molecule has 0 bridgehead atoms. The minimum Gasteiger partial charge on any atom is -0.352 e. The van der Waals surface area contributed by atoms with E-state index in [0.29, 0.717) is 23.4 Å². The Morgan fingerprint density at radius 1 is 1.07 bits per heavy atom. The van der Waals surface area contributed by atoms with Gasteiger partial charge in [-0.25, -0.2) is 17.5 Å². The van der Waals surface area contributed by atoms with Crippen LogP contribution in [0.2, 0.25) is 0 Å². The van der Waals surface area contributed by atoms with Gasteiger partial charge in [0.05, 0.1) is 10.5 Å². The van der Waals surface area contributed by atoms with E-state index in [0.717, 1.165) is 18.2 Å². The molecule has 2 rings (SSSR count). The first kappa shape index (κ1) is 20.5. The van der Waals surface area contributed by atoms with Gasteiger partial charge in [0.15, 0.2) is 0 Å². The van der Waals surface area contributed by atoms with Gasteiger partial charge in [0, 0.05) is 17.8 Å². The fraction of sp³-hybridized carbons (Fsp3) is 0.222. The Hall–Kier alpha value is -2.78. The fourth-order valence-corrected chi connectivity index (χ4v) is 3.07. The van der Waals surface area contributed by atoms with Crippen molar-refractivity contribution in [3.05, 3.63) is 58.9 Å². The van der Waals surface area contributed by atoms with Crippen LogP contribution in [-0.4, -0.2) is 33.8 Å². The maximum absolute atomic E-state index is 14.1. The Morgan fingerprint density at radius 2 is 1.78 bits per heavy atom. The number of rotatable bonds is 6. The van der Waals surface area contributed by atoms with E-state index in [9.17, 15) is 22.4 Å². The molecule has 2 aromatic carbocycles. The number of hydrogen-bond acceptors (Lipinski definition) is 4. The molecule has 0 unspecified atom stereocenters. The Kier molecular flexibility index (Phi) is 6.29. The molecular formula is C18H20FN3O4S. The third-order valence-electron chi connectivity index (χ3n) is 3.85. The van der Waals surface area contributed by atoms with Crippen LogP contribution in [0.3, 0.4) is 0 Å². The Morgan fingerprint density at radius 3 is 2.41 bits per heavy atom. The van der Waals surface area contributed by atoms with Gasteiger partial charge in [-0.1, -0.05) is 6.07 Å². The number of carbonyl (C=O) groups is 2. The highest BCUT2D eigenvalue weighted by atomic mass is 32.2. The van der Waals surface area contributed by atoms with Gasteiger partial charge in [-0.15, -0.1) is 0 Å². The van der Waals surface area contributed by atoms with Crippen LogP contribution in [0.25, 0.3) is 0 Å². The Balaban J connectivity index is 2.36. The molecule has 0 aliphatic rings. The molecular weight excluding hydrogens is 373 g/mol. The first-order valence-corrected chi connectivity index (χ1v) is 9.61. The lowest BCUT2D eigenvalue weighted by atomic mass is 10.1. The van der Waals surface area contributed by atoms with Gasteiger partial charge >= 0.3 is 0 Å². The summed E-state index contributed by atoms with van der Waals surface area (Å²) >= 11 is 0. The molecule has 0 radical (unpaired) electrons. The van der Waals surface area contributed by atoms with E-state index in [-0.39, 0.29) is 10.8 Å². The number of amides is 2. The number of aryl methyl sites for hydroxylation is 1. The molecule has 0 fully saturated rings. The van der Waals surface area contributed by atoms with Gasteiger partial charge in [0.1, 0.15) is 5.82 Å². The molecule has 7 nitrogen and oxygen atoms in total. The molecule has 9 heteroatoms. The minimum atomic E-state index is -3.83. The Bertz CT molecular complexity index is 990. The van der Waals surface area contributed by atoms with E-state index in [4.69, 9.17) is 0 Å². The number of halogens is 1. The monoisotopic (exact) mass is 393 g/mol. The van der Waals surface area contributed by atoms with Crippen LogP contribution in [-0.2, 0) is 10.0 Å². The van der Waals surface area contributed by atoms with Gasteiger partial charge < -0.3 is 10.6 Å². The number of anilines is 1. The minimum absolute atomic E-state index is 0.232. The van der Waals surface area contributed by atoms with Gasteiger partial charge in [0.25, 0.3) is 11.8 Å². The van der Waals surface area contributed by atoms with Crippen molar-refractivity contribution < 1.29 is 22.4 Å². The van der Waals surface area contributed by atoms with Crippen molar-refractivity contribution >= 4 is 27.5 Å². The van der Waals surface area contributed by atoms with Crippen molar-refractivity contribution in [1.82, 2.24) is 10.0 Å². The highest BCUT2D eigenvalue weighted by Crippen LogP contribution is 2.20. The van der Waals surface area contributed by atoms with E-state index in [1.807, 2.05) is 0 Å². The molecule has 0 saturated carbocycles. The van der Waals surface area contributed by atoms with Crippen molar-refractivity contribution in [2.24, 2.45) is 0 Å². The van der Waals surface area contributed by atoms with E-state index >= 15 is 0 Å². The van der Waals surface area contributed by atoms with Crippen LogP contribution in [0.5, 0.6) is 0 Å². The average Bonchev–Trinajstić information content (AvgIpc) is 2.63. The van der Waals surface area contributed by atoms with Crippen molar-refractivity contribution in [1.29, 1.82) is 0 Å². The molecule has 0 aliphatic heterocycles. The molecule has 27 heavy (non-hydrogen) atoms. The second-order valence-electron chi connectivity index (χ2n) is 5.69. The number of benzene rings is 2. The predicted molar refractivity (Wildman–Crippen MR) is 99.8 cm³/mol. The highest BCUT2D eigenvalue weighted by molar-refractivity contribution is 7.89. The quantitative estimate of drug-likeness (QED) is 0.699. The third-order valence-corrected chi connectivity index (χ3v) is 5.26. The standard InChI is InChI=1S/C18H20FN3O4S/c1-4-21-17(23)12-6-5-11(2)16(9-12)22-18(24)14-10-13(7-8-15(14)19)27(25,26)20-3/h5-10,20H,4H2,1-3H3,(H,21,23)(H,22,24). The summed E-state index contributed by atoms with van der Waals surface area (Å²) in [6.45, 7) is 3.95. The van der Waals surface area contributed by atoms with Crippen LogP contribution >= 0.6 is 0 Å². The van der Waals surface area contributed by atoms with Crippen molar-refractivity contribution in [3.63, 3.8) is 0 Å². The van der Waals surface area contributed by atoms with Gasteiger partial charge in [-0.05, 0) is 56.8 Å². The van der Waals surface area contributed by atoms with Crippen LogP contribution in [0.1, 0.15) is 33.2 Å². The summed E-state index contributed by atoms with van der Waals surface area (Å²) < 4.78 is 39.9. The molecule has 0 heterocycles. The maximum atomic E-state index is 14.1. The first-order valence-electron chi connectivity index (χ1n) is 8.13. The molecule has 144 valence electrons. The molecule has 3 N–H and O–H groups in total. The summed E-state index contributed by atoms with van der Waals surface area (Å²) in [4.78, 5) is 24.2. The summed E-state index contributed by atoms with van der Waals surface area (Å²) in [6.07, 6.45) is 0. The summed E-state index contributed by atoms with van der Waals surface area (Å²) in [5.41, 5.74) is 0.903. The number of sulfonamides is 1. The van der Waals surface area contributed by atoms with Crippen molar-refractivity contribution in [2.45, 2.75) is 18.7 Å². The van der Waals surface area contributed by atoms with Crippen molar-refractivity contribution in [2.75, 3.05) is 18.9 Å². The van der Waals surface area contributed by atoms with E-state index in [1.165, 1.54) is 13.1 Å². The summed E-state index contributed by atoms with van der Waals surface area (Å²) in [5, 5.41) is 5.18. The topological polar surface area (TPSA) is 104 Å². The van der Waals surface area contributed by atoms with Gasteiger partial charge in [0.2, 0.25) is 10.0 Å². The molecule has 0 aliphatic carbocycles. The largest absolute Gasteiger partial charge is 0.352 e. The van der Waals surface area contributed by atoms with E-state index in [2.05, 4.69) is 15.4 Å². The molecule has 0 spiro atoms. The van der Waals surface area contributed by atoms with Crippen LogP contribution in [0.4, 0.5) is 10.1 Å². The van der Waals surface area contributed by atoms with Gasteiger partial charge in [-0.3, -0.25) is 9.59 Å².